The van der Waals surface area contributed by atoms with Crippen molar-refractivity contribution in [2.45, 2.75) is 32.6 Å². The van der Waals surface area contributed by atoms with Gasteiger partial charge in [0.1, 0.15) is 0 Å². The van der Waals surface area contributed by atoms with Crippen LogP contribution in [-0.4, -0.2) is 30.4 Å². The van der Waals surface area contributed by atoms with Crippen molar-refractivity contribution in [1.29, 1.82) is 10.8 Å². The summed E-state index contributed by atoms with van der Waals surface area (Å²) in [6.45, 7) is 3.00. The van der Waals surface area contributed by atoms with Gasteiger partial charge in [0.25, 0.3) is 0 Å². The molecule has 0 aliphatic rings. The lowest BCUT2D eigenvalue weighted by molar-refractivity contribution is 0.459. The normalized spacial score (nSPS) is 8.93. The first-order chi connectivity index (χ1) is 6.57. The molecule has 6 heteroatoms. The molecule has 0 spiro atoms. The van der Waals surface area contributed by atoms with Gasteiger partial charge < -0.3 is 10.6 Å². The fraction of sp³-hybridized carbons (Fsp3) is 0.778. The molecule has 0 saturated carbocycles. The highest BCUT2D eigenvalue weighted by molar-refractivity contribution is 5.94. The number of hydrogen-bond donors (Lipinski definition) is 4. The summed E-state index contributed by atoms with van der Waals surface area (Å²) in [6, 6.07) is 0. The first kappa shape index (κ1) is 16.5. The van der Waals surface area contributed by atoms with Crippen LogP contribution in [0.3, 0.4) is 0 Å². The van der Waals surface area contributed by atoms with Gasteiger partial charge in [-0.1, -0.05) is 26.2 Å². The van der Waals surface area contributed by atoms with Gasteiger partial charge in [-0.3, -0.25) is 16.1 Å². The van der Waals surface area contributed by atoms with E-state index in [9.17, 15) is 0 Å². The Morgan fingerprint density at radius 3 is 2.33 bits per heavy atom. The van der Waals surface area contributed by atoms with Gasteiger partial charge in [-0.05, 0) is 6.42 Å². The number of nitrogens with one attached hydrogen (secondary N) is 3. The fourth-order valence-corrected chi connectivity index (χ4v) is 1.11. The molecule has 0 aromatic rings. The molecule has 0 aliphatic carbocycles. The highest BCUT2D eigenvalue weighted by Gasteiger charge is 2.03. The number of nitrogens with two attached hydrogens (primary N) is 1. The molecular weight excluding hydrogens is 214 g/mol. The Bertz CT molecular complexity index is 195. The van der Waals surface area contributed by atoms with E-state index in [1.807, 2.05) is 7.05 Å². The van der Waals surface area contributed by atoms with Crippen molar-refractivity contribution in [3.63, 3.8) is 0 Å². The number of nitrogens with zero attached hydrogens (tertiary/aromatic N) is 1. The Morgan fingerprint density at radius 2 is 1.87 bits per heavy atom. The molecule has 5 N–H and O–H groups in total. The molecule has 5 nitrogen and oxygen atoms in total. The van der Waals surface area contributed by atoms with Gasteiger partial charge >= 0.3 is 0 Å². The van der Waals surface area contributed by atoms with Crippen LogP contribution >= 0.6 is 12.4 Å². The minimum absolute atomic E-state index is 0. The van der Waals surface area contributed by atoms with Crippen molar-refractivity contribution in [1.82, 2.24) is 10.2 Å². The first-order valence-corrected chi connectivity index (χ1v) is 4.98. The highest BCUT2D eigenvalue weighted by atomic mass is 35.5. The monoisotopic (exact) mass is 235 g/mol. The molecule has 0 amide bonds. The molecule has 0 unspecified atom stereocenters. The second-order valence-corrected chi connectivity index (χ2v) is 3.37. The molecule has 90 valence electrons. The van der Waals surface area contributed by atoms with Gasteiger partial charge in [-0.15, -0.1) is 12.4 Å². The van der Waals surface area contributed by atoms with Gasteiger partial charge in [0.05, 0.1) is 0 Å². The van der Waals surface area contributed by atoms with Gasteiger partial charge in [0.15, 0.2) is 11.9 Å². The van der Waals surface area contributed by atoms with Crippen LogP contribution in [0.15, 0.2) is 0 Å². The van der Waals surface area contributed by atoms with E-state index in [-0.39, 0.29) is 24.3 Å². The third-order valence-electron chi connectivity index (χ3n) is 1.98. The zero-order valence-corrected chi connectivity index (χ0v) is 10.3. The summed E-state index contributed by atoms with van der Waals surface area (Å²) < 4.78 is 0. The molecule has 0 bridgehead atoms. The van der Waals surface area contributed by atoms with E-state index in [4.69, 9.17) is 16.6 Å². The second kappa shape index (κ2) is 9.58. The third kappa shape index (κ3) is 9.34. The molecule has 0 fully saturated rings. The molecule has 0 radical (unpaired) electrons. The maximum absolute atomic E-state index is 7.50. The molecule has 0 atom stereocenters. The second-order valence-electron chi connectivity index (χ2n) is 3.37. The van der Waals surface area contributed by atoms with E-state index in [1.54, 1.807) is 4.90 Å². The third-order valence-corrected chi connectivity index (χ3v) is 1.98. The van der Waals surface area contributed by atoms with Crippen molar-refractivity contribution in [2.24, 2.45) is 5.73 Å². The van der Waals surface area contributed by atoms with Gasteiger partial charge in [0, 0.05) is 13.6 Å². The lowest BCUT2D eigenvalue weighted by Crippen LogP contribution is -2.44. The molecule has 0 aromatic carbocycles. The summed E-state index contributed by atoms with van der Waals surface area (Å²) in [5.74, 6) is 0.00408. The summed E-state index contributed by atoms with van der Waals surface area (Å²) in [5.41, 5.74) is 5.11. The number of guanidine groups is 2. The Morgan fingerprint density at radius 1 is 1.27 bits per heavy atom. The van der Waals surface area contributed by atoms with Gasteiger partial charge in [0.2, 0.25) is 0 Å². The van der Waals surface area contributed by atoms with Crippen LogP contribution in [0.1, 0.15) is 32.6 Å². The van der Waals surface area contributed by atoms with Crippen molar-refractivity contribution in [2.75, 3.05) is 13.6 Å². The minimum atomic E-state index is -0.185. The zero-order chi connectivity index (χ0) is 11.0. The standard InChI is InChI=1S/C9H21N5.ClH/c1-3-4-5-6-7-14(2)9(12)13-8(10)11;/h3-7H2,1-2H3,(H5,10,11,12,13);1H. The summed E-state index contributed by atoms with van der Waals surface area (Å²) in [4.78, 5) is 1.76. The first-order valence-electron chi connectivity index (χ1n) is 4.98. The molecule has 0 heterocycles. The van der Waals surface area contributed by atoms with Crippen molar-refractivity contribution in [3.8, 4) is 0 Å². The summed E-state index contributed by atoms with van der Waals surface area (Å²) >= 11 is 0. The molecular formula is C9H22ClN5. The maximum atomic E-state index is 7.50. The van der Waals surface area contributed by atoms with Gasteiger partial charge in [-0.2, -0.15) is 0 Å². The van der Waals surface area contributed by atoms with Crippen LogP contribution in [0.4, 0.5) is 0 Å². The Balaban J connectivity index is 0. The van der Waals surface area contributed by atoms with Crippen molar-refractivity contribution in [3.05, 3.63) is 0 Å². The van der Waals surface area contributed by atoms with E-state index in [2.05, 4.69) is 12.2 Å². The van der Waals surface area contributed by atoms with E-state index in [0.717, 1.165) is 13.0 Å². The Labute approximate surface area is 97.8 Å². The summed E-state index contributed by atoms with van der Waals surface area (Å²) in [7, 11) is 1.82. The number of rotatable bonds is 5. The summed E-state index contributed by atoms with van der Waals surface area (Å²) in [6.07, 6.45) is 4.72. The Hall–Kier alpha value is -0.970. The largest absolute Gasteiger partial charge is 0.370 e. The smallest absolute Gasteiger partial charge is 0.197 e. The minimum Gasteiger partial charge on any atom is -0.370 e. The molecule has 0 saturated heterocycles. The van der Waals surface area contributed by atoms with Crippen LogP contribution in [0.2, 0.25) is 0 Å². The van der Waals surface area contributed by atoms with Crippen LogP contribution in [0.5, 0.6) is 0 Å². The van der Waals surface area contributed by atoms with E-state index in [1.165, 1.54) is 19.3 Å². The fourth-order valence-electron chi connectivity index (χ4n) is 1.11. The highest BCUT2D eigenvalue weighted by Crippen LogP contribution is 1.99. The van der Waals surface area contributed by atoms with E-state index >= 15 is 0 Å². The predicted molar refractivity (Wildman–Crippen MR) is 66.8 cm³/mol. The number of halogens is 1. The van der Waals surface area contributed by atoms with Crippen LogP contribution in [-0.2, 0) is 0 Å². The molecule has 15 heavy (non-hydrogen) atoms. The van der Waals surface area contributed by atoms with Crippen molar-refractivity contribution < 1.29 is 0 Å². The average molecular weight is 236 g/mol. The number of unbranched alkanes of at least 4 members (excludes halogenated alkanes) is 3. The zero-order valence-electron chi connectivity index (χ0n) is 9.47. The van der Waals surface area contributed by atoms with Crippen LogP contribution in [0, 0.1) is 10.8 Å². The topological polar surface area (TPSA) is 89.0 Å². The maximum Gasteiger partial charge on any atom is 0.197 e. The van der Waals surface area contributed by atoms with Crippen LogP contribution in [0.25, 0.3) is 0 Å². The Kier molecular flexibility index (Phi) is 10.5. The average Bonchev–Trinajstić information content (AvgIpc) is 2.11. The quantitative estimate of drug-likeness (QED) is 0.329. The lowest BCUT2D eigenvalue weighted by atomic mass is 10.2. The molecule has 0 aromatic heterocycles. The van der Waals surface area contributed by atoms with E-state index < -0.39 is 0 Å². The molecule has 0 aliphatic heterocycles. The lowest BCUT2D eigenvalue weighted by Gasteiger charge is -2.19. The summed E-state index contributed by atoms with van der Waals surface area (Å²) in [5, 5.41) is 16.9. The van der Waals surface area contributed by atoms with E-state index in [0.29, 0.717) is 0 Å². The van der Waals surface area contributed by atoms with Gasteiger partial charge in [-0.25, -0.2) is 0 Å². The van der Waals surface area contributed by atoms with Crippen molar-refractivity contribution >= 4 is 24.3 Å². The predicted octanol–water partition coefficient (Wildman–Crippen LogP) is 1.34. The van der Waals surface area contributed by atoms with Crippen LogP contribution < -0.4 is 11.1 Å². The number of hydrogen-bond acceptors (Lipinski definition) is 2. The SMILES string of the molecule is CCCCCCN(C)C(=N)NC(=N)N.Cl. The molecule has 0 rings (SSSR count).